The maximum absolute atomic E-state index is 5.93. The summed E-state index contributed by atoms with van der Waals surface area (Å²) in [5, 5.41) is 0. The topological polar surface area (TPSA) is 52.0 Å². The fourth-order valence-electron chi connectivity index (χ4n) is 3.63. The first-order valence-corrected chi connectivity index (χ1v) is 9.39. The van der Waals surface area contributed by atoms with Crippen LogP contribution in [0, 0.1) is 0 Å². The Kier molecular flexibility index (Phi) is 5.00. The Hall–Kier alpha value is -1.74. The standard InChI is InChI=1S/C12H15N.C9H10BrN/c1-8(2)11-6-9-4-3-5-10(9)7-12(11)13;10-8-4-6-2-1-3-7(6)5-9(8)11/h6-7H,1,3-5,13H2,2H3;4-5H,1-3,11H2. The zero-order chi connectivity index (χ0) is 17.3. The highest BCUT2D eigenvalue weighted by molar-refractivity contribution is 9.10. The molecule has 0 aliphatic heterocycles. The summed E-state index contributed by atoms with van der Waals surface area (Å²) in [6.45, 7) is 5.94. The predicted octanol–water partition coefficient (Wildman–Crippen LogP) is 5.31. The Balaban J connectivity index is 0.000000143. The minimum absolute atomic E-state index is 0.866. The maximum atomic E-state index is 5.93. The van der Waals surface area contributed by atoms with Crippen LogP contribution in [0.1, 0.15) is 47.6 Å². The summed E-state index contributed by atoms with van der Waals surface area (Å²) < 4.78 is 1.04. The minimum atomic E-state index is 0.866. The van der Waals surface area contributed by atoms with E-state index in [4.69, 9.17) is 11.5 Å². The molecule has 2 nitrogen and oxygen atoms in total. The van der Waals surface area contributed by atoms with E-state index in [1.165, 1.54) is 60.8 Å². The normalized spacial score (nSPS) is 14.6. The number of nitrogen functional groups attached to an aromatic ring is 2. The van der Waals surface area contributed by atoms with Crippen LogP contribution in [-0.4, -0.2) is 0 Å². The van der Waals surface area contributed by atoms with Crippen molar-refractivity contribution >= 4 is 32.9 Å². The summed E-state index contributed by atoms with van der Waals surface area (Å²) in [5.74, 6) is 0. The highest BCUT2D eigenvalue weighted by Gasteiger charge is 2.13. The lowest BCUT2D eigenvalue weighted by molar-refractivity contribution is 0.912. The summed E-state index contributed by atoms with van der Waals surface area (Å²) in [6, 6.07) is 8.57. The number of allylic oxidation sites excluding steroid dienone is 1. The average Bonchev–Trinajstić information content (AvgIpc) is 3.15. The molecule has 4 N–H and O–H groups in total. The third-order valence-corrected chi connectivity index (χ3v) is 5.62. The smallest absolute Gasteiger partial charge is 0.0461 e. The van der Waals surface area contributed by atoms with Gasteiger partial charge in [-0.1, -0.05) is 6.58 Å². The molecule has 2 aromatic carbocycles. The first-order chi connectivity index (χ1) is 11.5. The summed E-state index contributed by atoms with van der Waals surface area (Å²) in [5.41, 5.74) is 21.4. The van der Waals surface area contributed by atoms with Gasteiger partial charge in [0.2, 0.25) is 0 Å². The molecule has 0 spiro atoms. The van der Waals surface area contributed by atoms with Crippen LogP contribution in [0.15, 0.2) is 35.3 Å². The predicted molar refractivity (Wildman–Crippen MR) is 108 cm³/mol. The Morgan fingerprint density at radius 2 is 1.29 bits per heavy atom. The Labute approximate surface area is 153 Å². The first-order valence-electron chi connectivity index (χ1n) is 8.59. The van der Waals surface area contributed by atoms with Crippen LogP contribution >= 0.6 is 15.9 Å². The fraction of sp³-hybridized carbons (Fsp3) is 0.333. The van der Waals surface area contributed by atoms with Gasteiger partial charge in [0.25, 0.3) is 0 Å². The van der Waals surface area contributed by atoms with Crippen LogP contribution in [0.25, 0.3) is 5.57 Å². The molecule has 2 aromatic rings. The molecule has 0 fully saturated rings. The quantitative estimate of drug-likeness (QED) is 0.654. The van der Waals surface area contributed by atoms with Crippen molar-refractivity contribution in [2.45, 2.75) is 45.4 Å². The van der Waals surface area contributed by atoms with E-state index in [9.17, 15) is 0 Å². The Morgan fingerprint density at radius 1 is 0.833 bits per heavy atom. The lowest BCUT2D eigenvalue weighted by atomic mass is 10.0. The second kappa shape index (κ2) is 7.02. The fourth-order valence-corrected chi connectivity index (χ4v) is 4.02. The number of halogens is 1. The number of nitrogens with two attached hydrogens (primary N) is 2. The van der Waals surface area contributed by atoms with Crippen molar-refractivity contribution in [2.75, 3.05) is 11.5 Å². The number of anilines is 2. The monoisotopic (exact) mass is 384 g/mol. The molecule has 0 bridgehead atoms. The largest absolute Gasteiger partial charge is 0.398 e. The lowest BCUT2D eigenvalue weighted by Gasteiger charge is -2.08. The van der Waals surface area contributed by atoms with Gasteiger partial charge in [-0.3, -0.25) is 0 Å². The van der Waals surface area contributed by atoms with Crippen molar-refractivity contribution in [3.05, 3.63) is 63.1 Å². The van der Waals surface area contributed by atoms with Crippen molar-refractivity contribution in [2.24, 2.45) is 0 Å². The second-order valence-electron chi connectivity index (χ2n) is 6.84. The zero-order valence-corrected chi connectivity index (χ0v) is 15.9. The molecule has 2 aliphatic carbocycles. The molecule has 3 heteroatoms. The summed E-state index contributed by atoms with van der Waals surface area (Å²) in [4.78, 5) is 0. The summed E-state index contributed by atoms with van der Waals surface area (Å²) >= 11 is 3.42. The highest BCUT2D eigenvalue weighted by Crippen LogP contribution is 2.30. The molecule has 0 unspecified atom stereocenters. The van der Waals surface area contributed by atoms with E-state index in [1.54, 1.807) is 0 Å². The molecule has 0 aromatic heterocycles. The van der Waals surface area contributed by atoms with Crippen LogP contribution in [0.2, 0.25) is 0 Å². The van der Waals surface area contributed by atoms with Gasteiger partial charge in [-0.25, -0.2) is 0 Å². The summed E-state index contributed by atoms with van der Waals surface area (Å²) in [6.07, 6.45) is 7.37. The molecule has 0 saturated carbocycles. The van der Waals surface area contributed by atoms with Gasteiger partial charge >= 0.3 is 0 Å². The zero-order valence-electron chi connectivity index (χ0n) is 14.3. The second-order valence-corrected chi connectivity index (χ2v) is 7.69. The van der Waals surface area contributed by atoms with Gasteiger partial charge in [-0.15, -0.1) is 0 Å². The van der Waals surface area contributed by atoms with E-state index in [0.29, 0.717) is 0 Å². The minimum Gasteiger partial charge on any atom is -0.398 e. The van der Waals surface area contributed by atoms with E-state index < -0.39 is 0 Å². The van der Waals surface area contributed by atoms with E-state index >= 15 is 0 Å². The van der Waals surface area contributed by atoms with E-state index in [-0.39, 0.29) is 0 Å². The third kappa shape index (κ3) is 3.51. The van der Waals surface area contributed by atoms with E-state index in [0.717, 1.165) is 27.0 Å². The molecule has 126 valence electrons. The molecule has 0 heterocycles. The number of aryl methyl sites for hydroxylation is 4. The van der Waals surface area contributed by atoms with Gasteiger partial charge in [0.15, 0.2) is 0 Å². The molecule has 0 atom stereocenters. The SMILES string of the molecule is C=C(C)c1cc2c(cc1N)CCC2.Nc1cc2c(cc1Br)CCC2. The number of rotatable bonds is 1. The molecular formula is C21H25BrN2. The molecular weight excluding hydrogens is 360 g/mol. The molecule has 4 rings (SSSR count). The first kappa shape index (κ1) is 17.1. The van der Waals surface area contributed by atoms with E-state index in [2.05, 4.69) is 46.8 Å². The van der Waals surface area contributed by atoms with Crippen molar-refractivity contribution in [3.63, 3.8) is 0 Å². The number of fused-ring (bicyclic) bond motifs is 2. The van der Waals surface area contributed by atoms with Crippen LogP contribution in [0.4, 0.5) is 11.4 Å². The highest BCUT2D eigenvalue weighted by atomic mass is 79.9. The maximum Gasteiger partial charge on any atom is 0.0461 e. The van der Waals surface area contributed by atoms with Crippen molar-refractivity contribution in [1.29, 1.82) is 0 Å². The third-order valence-electron chi connectivity index (χ3n) is 4.93. The van der Waals surface area contributed by atoms with Crippen LogP contribution < -0.4 is 11.5 Å². The van der Waals surface area contributed by atoms with Gasteiger partial charge < -0.3 is 11.5 Å². The van der Waals surface area contributed by atoms with Crippen molar-refractivity contribution in [1.82, 2.24) is 0 Å². The van der Waals surface area contributed by atoms with Gasteiger partial charge in [-0.2, -0.15) is 0 Å². The number of benzene rings is 2. The van der Waals surface area contributed by atoms with E-state index in [1.807, 2.05) is 6.92 Å². The van der Waals surface area contributed by atoms with Gasteiger partial charge in [0.1, 0.15) is 0 Å². The van der Waals surface area contributed by atoms with Gasteiger partial charge in [0.05, 0.1) is 0 Å². The molecule has 2 aliphatic rings. The van der Waals surface area contributed by atoms with Gasteiger partial charge in [0, 0.05) is 15.8 Å². The molecule has 0 radical (unpaired) electrons. The number of hydrogen-bond donors (Lipinski definition) is 2. The Morgan fingerprint density at radius 3 is 1.83 bits per heavy atom. The van der Waals surface area contributed by atoms with Gasteiger partial charge in [-0.05, 0) is 119 Å². The Bertz CT molecular complexity index is 764. The molecule has 0 saturated heterocycles. The lowest BCUT2D eigenvalue weighted by Crippen LogP contribution is -1.95. The van der Waals surface area contributed by atoms with Crippen molar-refractivity contribution < 1.29 is 0 Å². The summed E-state index contributed by atoms with van der Waals surface area (Å²) in [7, 11) is 0. The van der Waals surface area contributed by atoms with Crippen LogP contribution in [0.3, 0.4) is 0 Å². The van der Waals surface area contributed by atoms with Crippen LogP contribution in [-0.2, 0) is 25.7 Å². The number of hydrogen-bond acceptors (Lipinski definition) is 2. The van der Waals surface area contributed by atoms with Crippen molar-refractivity contribution in [3.8, 4) is 0 Å². The molecule has 0 amide bonds. The molecule has 24 heavy (non-hydrogen) atoms. The average molecular weight is 385 g/mol. The van der Waals surface area contributed by atoms with Crippen LogP contribution in [0.5, 0.6) is 0 Å².